The second-order valence-corrected chi connectivity index (χ2v) is 6.81. The summed E-state index contributed by atoms with van der Waals surface area (Å²) in [6.45, 7) is 2.19. The zero-order chi connectivity index (χ0) is 17.4. The molecule has 1 aromatic heterocycles. The molecule has 0 amide bonds. The Morgan fingerprint density at radius 3 is 2.24 bits per heavy atom. The van der Waals surface area contributed by atoms with Crippen LogP contribution in [0.15, 0.2) is 57.7 Å². The third kappa shape index (κ3) is 2.61. The van der Waals surface area contributed by atoms with Crippen molar-refractivity contribution in [3.63, 3.8) is 0 Å². The molecular formula is C22H19ClO2. The van der Waals surface area contributed by atoms with E-state index in [0.29, 0.717) is 11.0 Å². The first-order valence-electron chi connectivity index (χ1n) is 8.77. The molecule has 25 heavy (non-hydrogen) atoms. The second-order valence-electron chi connectivity index (χ2n) is 6.43. The fraction of sp³-hybridized carbons (Fsp3) is 0.227. The van der Waals surface area contributed by atoms with Gasteiger partial charge in [0.1, 0.15) is 5.58 Å². The van der Waals surface area contributed by atoms with Crippen molar-refractivity contribution in [2.45, 2.75) is 32.6 Å². The first kappa shape index (κ1) is 16.2. The summed E-state index contributed by atoms with van der Waals surface area (Å²) >= 11 is 6.82. The van der Waals surface area contributed by atoms with Crippen LogP contribution >= 0.6 is 11.6 Å². The lowest BCUT2D eigenvalue weighted by Crippen LogP contribution is -2.02. The van der Waals surface area contributed by atoms with E-state index >= 15 is 0 Å². The summed E-state index contributed by atoms with van der Waals surface area (Å²) in [5.74, 6) is 0. The van der Waals surface area contributed by atoms with E-state index in [0.717, 1.165) is 57.8 Å². The topological polar surface area (TPSA) is 30.2 Å². The highest BCUT2D eigenvalue weighted by Gasteiger charge is 2.18. The lowest BCUT2D eigenvalue weighted by atomic mass is 9.94. The third-order valence-electron chi connectivity index (χ3n) is 4.84. The minimum absolute atomic E-state index is 0.296. The van der Waals surface area contributed by atoms with Crippen molar-refractivity contribution in [3.05, 3.63) is 69.5 Å². The van der Waals surface area contributed by atoms with Gasteiger partial charge in [-0.2, -0.15) is 0 Å². The number of fused-ring (bicyclic) bond motifs is 5. The van der Waals surface area contributed by atoms with E-state index < -0.39 is 0 Å². The molecule has 0 atom stereocenters. The number of unbranched alkanes of at least 4 members (excludes halogenated alkanes) is 2. The summed E-state index contributed by atoms with van der Waals surface area (Å²) in [5, 5.41) is 5.13. The van der Waals surface area contributed by atoms with Crippen LogP contribution in [0.1, 0.15) is 31.7 Å². The van der Waals surface area contributed by atoms with E-state index in [1.165, 1.54) is 0 Å². The quantitative estimate of drug-likeness (QED) is 0.239. The molecule has 0 aliphatic heterocycles. The molecule has 0 radical (unpaired) electrons. The van der Waals surface area contributed by atoms with E-state index in [1.54, 1.807) is 0 Å². The van der Waals surface area contributed by atoms with E-state index in [9.17, 15) is 4.79 Å². The van der Waals surface area contributed by atoms with Gasteiger partial charge in [0.05, 0.1) is 10.4 Å². The van der Waals surface area contributed by atoms with E-state index in [1.807, 2.05) is 48.5 Å². The van der Waals surface area contributed by atoms with E-state index in [-0.39, 0.29) is 5.63 Å². The van der Waals surface area contributed by atoms with Gasteiger partial charge in [-0.25, -0.2) is 4.79 Å². The van der Waals surface area contributed by atoms with Crippen LogP contribution in [0.25, 0.3) is 32.5 Å². The largest absolute Gasteiger partial charge is 0.422 e. The van der Waals surface area contributed by atoms with Crippen molar-refractivity contribution < 1.29 is 4.42 Å². The first-order chi connectivity index (χ1) is 12.2. The molecule has 126 valence electrons. The van der Waals surface area contributed by atoms with Crippen LogP contribution < -0.4 is 5.63 Å². The van der Waals surface area contributed by atoms with Gasteiger partial charge < -0.3 is 4.42 Å². The van der Waals surface area contributed by atoms with Gasteiger partial charge in [-0.3, -0.25) is 0 Å². The van der Waals surface area contributed by atoms with Crippen molar-refractivity contribution >= 4 is 44.1 Å². The van der Waals surface area contributed by atoms with Gasteiger partial charge in [0.25, 0.3) is 0 Å². The lowest BCUT2D eigenvalue weighted by Gasteiger charge is -2.14. The summed E-state index contributed by atoms with van der Waals surface area (Å²) in [5.41, 5.74) is 1.44. The SMILES string of the molecule is CCCCCc1c(Cl)c2ccccc2c2oc(=O)c3ccccc3c12. The minimum atomic E-state index is -0.296. The molecule has 0 fully saturated rings. The second kappa shape index (κ2) is 6.53. The Hall–Kier alpha value is -2.32. The molecule has 4 rings (SSSR count). The number of rotatable bonds is 4. The Balaban J connectivity index is 2.20. The van der Waals surface area contributed by atoms with Gasteiger partial charge in [0.15, 0.2) is 0 Å². The van der Waals surface area contributed by atoms with Crippen molar-refractivity contribution in [1.29, 1.82) is 0 Å². The molecular weight excluding hydrogens is 332 g/mol. The predicted octanol–water partition coefficient (Wildman–Crippen LogP) is 6.49. The van der Waals surface area contributed by atoms with Gasteiger partial charge in [-0.1, -0.05) is 73.8 Å². The summed E-state index contributed by atoms with van der Waals surface area (Å²) < 4.78 is 5.78. The summed E-state index contributed by atoms with van der Waals surface area (Å²) in [6.07, 6.45) is 4.25. The lowest BCUT2D eigenvalue weighted by molar-refractivity contribution is 0.572. The Kier molecular flexibility index (Phi) is 4.22. The third-order valence-corrected chi connectivity index (χ3v) is 5.28. The minimum Gasteiger partial charge on any atom is -0.422 e. The summed E-state index contributed by atoms with van der Waals surface area (Å²) in [4.78, 5) is 12.5. The van der Waals surface area contributed by atoms with Gasteiger partial charge >= 0.3 is 5.63 Å². The molecule has 0 saturated heterocycles. The molecule has 0 spiro atoms. The molecule has 0 aliphatic carbocycles. The fourth-order valence-corrected chi connectivity index (χ4v) is 3.97. The van der Waals surface area contributed by atoms with Crippen LogP contribution in [0.3, 0.4) is 0 Å². The van der Waals surface area contributed by atoms with Crippen molar-refractivity contribution in [3.8, 4) is 0 Å². The highest BCUT2D eigenvalue weighted by molar-refractivity contribution is 6.39. The Bertz CT molecular complexity index is 1140. The normalized spacial score (nSPS) is 11.6. The van der Waals surface area contributed by atoms with Crippen molar-refractivity contribution in [2.75, 3.05) is 0 Å². The van der Waals surface area contributed by atoms with Gasteiger partial charge in [0.2, 0.25) is 0 Å². The summed E-state index contributed by atoms with van der Waals surface area (Å²) in [7, 11) is 0. The van der Waals surface area contributed by atoms with Crippen LogP contribution in [0.4, 0.5) is 0 Å². The average Bonchev–Trinajstić information content (AvgIpc) is 2.65. The average molecular weight is 351 g/mol. The van der Waals surface area contributed by atoms with Crippen LogP contribution in [-0.4, -0.2) is 0 Å². The van der Waals surface area contributed by atoms with Crippen molar-refractivity contribution in [2.24, 2.45) is 0 Å². The molecule has 0 saturated carbocycles. The van der Waals surface area contributed by atoms with E-state index in [2.05, 4.69) is 6.92 Å². The zero-order valence-electron chi connectivity index (χ0n) is 14.1. The number of aryl methyl sites for hydroxylation is 1. The summed E-state index contributed by atoms with van der Waals surface area (Å²) in [6, 6.07) is 15.5. The molecule has 3 heteroatoms. The van der Waals surface area contributed by atoms with Crippen LogP contribution in [0.5, 0.6) is 0 Å². The molecule has 0 bridgehead atoms. The number of hydrogen-bond acceptors (Lipinski definition) is 2. The first-order valence-corrected chi connectivity index (χ1v) is 9.14. The van der Waals surface area contributed by atoms with Crippen LogP contribution in [0, 0.1) is 0 Å². The maximum absolute atomic E-state index is 12.5. The highest BCUT2D eigenvalue weighted by atomic mass is 35.5. The van der Waals surface area contributed by atoms with Crippen LogP contribution in [-0.2, 0) is 6.42 Å². The number of benzene rings is 3. The molecule has 2 nitrogen and oxygen atoms in total. The van der Waals surface area contributed by atoms with E-state index in [4.69, 9.17) is 16.0 Å². The molecule has 0 aliphatic rings. The molecule has 0 unspecified atom stereocenters. The molecule has 3 aromatic carbocycles. The maximum Gasteiger partial charge on any atom is 0.344 e. The smallest absolute Gasteiger partial charge is 0.344 e. The maximum atomic E-state index is 12.5. The van der Waals surface area contributed by atoms with Gasteiger partial charge in [-0.15, -0.1) is 0 Å². The standard InChI is InChI=1S/C22H19ClO2/c1-2-3-4-13-18-19-14-9-5-8-12-17(14)22(24)25-21(19)16-11-7-6-10-15(16)20(18)23/h5-12H,2-4,13H2,1H3. The number of hydrogen-bond donors (Lipinski definition) is 0. The highest BCUT2D eigenvalue weighted by Crippen LogP contribution is 2.39. The van der Waals surface area contributed by atoms with Crippen molar-refractivity contribution in [1.82, 2.24) is 0 Å². The van der Waals surface area contributed by atoms with Crippen LogP contribution in [0.2, 0.25) is 5.02 Å². The zero-order valence-corrected chi connectivity index (χ0v) is 14.9. The Labute approximate surface area is 151 Å². The number of halogens is 1. The molecule has 4 aromatic rings. The fourth-order valence-electron chi connectivity index (χ4n) is 3.62. The predicted molar refractivity (Wildman–Crippen MR) is 106 cm³/mol. The Morgan fingerprint density at radius 2 is 1.52 bits per heavy atom. The van der Waals surface area contributed by atoms with Gasteiger partial charge in [-0.05, 0) is 24.5 Å². The van der Waals surface area contributed by atoms with Gasteiger partial charge in [0, 0.05) is 21.5 Å². The monoisotopic (exact) mass is 350 g/mol. The Morgan fingerprint density at radius 1 is 0.880 bits per heavy atom. The molecule has 1 heterocycles. The molecule has 0 N–H and O–H groups in total.